The molecule has 2 aromatic carbocycles. The van der Waals surface area contributed by atoms with Crippen molar-refractivity contribution in [3.05, 3.63) is 59.1 Å². The van der Waals surface area contributed by atoms with Crippen molar-refractivity contribution in [2.45, 2.75) is 13.0 Å². The molecular weight excluding hydrogens is 274 g/mol. The van der Waals surface area contributed by atoms with Crippen molar-refractivity contribution in [3.63, 3.8) is 0 Å². The summed E-state index contributed by atoms with van der Waals surface area (Å²) in [5, 5.41) is 13.5. The van der Waals surface area contributed by atoms with Crippen molar-refractivity contribution in [2.75, 3.05) is 18.5 Å². The monoisotopic (exact) mass is 291 g/mol. The average molecular weight is 292 g/mol. The van der Waals surface area contributed by atoms with Crippen molar-refractivity contribution in [3.8, 4) is 5.75 Å². The topological polar surface area (TPSA) is 41.5 Å². The molecular formula is C16H18ClNO2. The van der Waals surface area contributed by atoms with Gasteiger partial charge in [0.15, 0.2) is 0 Å². The molecule has 0 saturated heterocycles. The zero-order valence-corrected chi connectivity index (χ0v) is 12.1. The van der Waals surface area contributed by atoms with Gasteiger partial charge in [-0.1, -0.05) is 23.7 Å². The predicted molar refractivity (Wildman–Crippen MR) is 82.5 cm³/mol. The average Bonchev–Trinajstić information content (AvgIpc) is 2.48. The van der Waals surface area contributed by atoms with Crippen LogP contribution in [0.25, 0.3) is 0 Å². The highest BCUT2D eigenvalue weighted by atomic mass is 35.5. The quantitative estimate of drug-likeness (QED) is 0.848. The molecule has 0 spiro atoms. The van der Waals surface area contributed by atoms with Crippen LogP contribution in [0.15, 0.2) is 48.5 Å². The van der Waals surface area contributed by atoms with Gasteiger partial charge < -0.3 is 15.2 Å². The van der Waals surface area contributed by atoms with Gasteiger partial charge in [0, 0.05) is 10.7 Å². The van der Waals surface area contributed by atoms with Gasteiger partial charge >= 0.3 is 0 Å². The third-order valence-electron chi connectivity index (χ3n) is 2.96. The molecule has 20 heavy (non-hydrogen) atoms. The first-order chi connectivity index (χ1) is 9.72. The molecule has 0 heterocycles. The van der Waals surface area contributed by atoms with E-state index in [1.165, 1.54) is 0 Å². The van der Waals surface area contributed by atoms with Crippen LogP contribution in [-0.4, -0.2) is 18.3 Å². The molecule has 0 fully saturated rings. The van der Waals surface area contributed by atoms with Crippen LogP contribution in [0.4, 0.5) is 5.69 Å². The molecule has 2 N–H and O–H groups in total. The number of ether oxygens (including phenoxy) is 1. The lowest BCUT2D eigenvalue weighted by Gasteiger charge is -2.18. The van der Waals surface area contributed by atoms with Crippen LogP contribution in [0.1, 0.15) is 18.5 Å². The van der Waals surface area contributed by atoms with E-state index in [9.17, 15) is 5.11 Å². The fourth-order valence-electron chi connectivity index (χ4n) is 1.94. The Morgan fingerprint density at radius 2 is 1.75 bits per heavy atom. The molecule has 0 aliphatic rings. The van der Waals surface area contributed by atoms with Crippen LogP contribution in [-0.2, 0) is 0 Å². The number of aliphatic hydroxyl groups excluding tert-OH is 1. The largest absolute Gasteiger partial charge is 0.494 e. The van der Waals surface area contributed by atoms with E-state index in [1.54, 1.807) is 0 Å². The van der Waals surface area contributed by atoms with E-state index in [0.717, 1.165) is 17.0 Å². The summed E-state index contributed by atoms with van der Waals surface area (Å²) in [5.41, 5.74) is 1.92. The molecule has 4 heteroatoms. The van der Waals surface area contributed by atoms with Gasteiger partial charge in [-0.25, -0.2) is 0 Å². The summed E-state index contributed by atoms with van der Waals surface area (Å²) in [6.07, 6.45) is 0. The van der Waals surface area contributed by atoms with Crippen LogP contribution in [0, 0.1) is 0 Å². The van der Waals surface area contributed by atoms with Crippen molar-refractivity contribution in [1.29, 1.82) is 0 Å². The number of halogens is 1. The van der Waals surface area contributed by atoms with Gasteiger partial charge in [0.1, 0.15) is 5.75 Å². The fourth-order valence-corrected chi connectivity index (χ4v) is 2.07. The maximum atomic E-state index is 9.55. The van der Waals surface area contributed by atoms with Gasteiger partial charge in [0.05, 0.1) is 19.3 Å². The summed E-state index contributed by atoms with van der Waals surface area (Å²) in [6, 6.07) is 15.0. The molecule has 0 radical (unpaired) electrons. The van der Waals surface area contributed by atoms with E-state index in [1.807, 2.05) is 55.5 Å². The molecule has 0 saturated carbocycles. The summed E-state index contributed by atoms with van der Waals surface area (Å²) in [7, 11) is 0. The normalized spacial score (nSPS) is 11.9. The maximum Gasteiger partial charge on any atom is 0.119 e. The minimum Gasteiger partial charge on any atom is -0.494 e. The van der Waals surface area contributed by atoms with Crippen molar-refractivity contribution >= 4 is 17.3 Å². The van der Waals surface area contributed by atoms with Crippen LogP contribution in [0.3, 0.4) is 0 Å². The number of benzene rings is 2. The predicted octanol–water partition coefficient (Wildman–Crippen LogP) is 3.88. The highest BCUT2D eigenvalue weighted by molar-refractivity contribution is 6.30. The summed E-state index contributed by atoms with van der Waals surface area (Å²) in [5.74, 6) is 0.833. The number of anilines is 1. The number of hydrogen-bond donors (Lipinski definition) is 2. The van der Waals surface area contributed by atoms with Crippen LogP contribution < -0.4 is 10.1 Å². The molecule has 2 aromatic rings. The van der Waals surface area contributed by atoms with E-state index in [0.29, 0.717) is 11.6 Å². The summed E-state index contributed by atoms with van der Waals surface area (Å²) in [6.45, 7) is 2.61. The zero-order chi connectivity index (χ0) is 14.4. The van der Waals surface area contributed by atoms with Gasteiger partial charge in [-0.05, 0) is 48.9 Å². The van der Waals surface area contributed by atoms with Crippen molar-refractivity contribution in [2.24, 2.45) is 0 Å². The van der Waals surface area contributed by atoms with E-state index in [4.69, 9.17) is 16.3 Å². The molecule has 3 nitrogen and oxygen atoms in total. The Kier molecular flexibility index (Phi) is 5.27. The third-order valence-corrected chi connectivity index (χ3v) is 3.21. The highest BCUT2D eigenvalue weighted by Gasteiger charge is 2.10. The molecule has 0 aromatic heterocycles. The summed E-state index contributed by atoms with van der Waals surface area (Å²) in [4.78, 5) is 0. The lowest BCUT2D eigenvalue weighted by atomic mass is 10.1. The van der Waals surface area contributed by atoms with E-state index < -0.39 is 0 Å². The zero-order valence-electron chi connectivity index (χ0n) is 11.3. The number of nitrogens with one attached hydrogen (secondary N) is 1. The van der Waals surface area contributed by atoms with Crippen LogP contribution in [0.2, 0.25) is 5.02 Å². The molecule has 0 bridgehead atoms. The van der Waals surface area contributed by atoms with Crippen molar-refractivity contribution < 1.29 is 9.84 Å². The maximum absolute atomic E-state index is 9.55. The highest BCUT2D eigenvalue weighted by Crippen LogP contribution is 2.22. The fraction of sp³-hybridized carbons (Fsp3) is 0.250. The Morgan fingerprint density at radius 1 is 1.10 bits per heavy atom. The van der Waals surface area contributed by atoms with E-state index >= 15 is 0 Å². The van der Waals surface area contributed by atoms with Crippen molar-refractivity contribution in [1.82, 2.24) is 0 Å². The van der Waals surface area contributed by atoms with Gasteiger partial charge in [-0.15, -0.1) is 0 Å². The van der Waals surface area contributed by atoms with E-state index in [2.05, 4.69) is 5.32 Å². The standard InChI is InChI=1S/C16H18ClNO2/c1-2-20-15-9-3-12(4-10-15)16(11-19)18-14-7-5-13(17)6-8-14/h3-10,16,18-19H,2,11H2,1H3. The Hall–Kier alpha value is -1.71. The van der Waals surface area contributed by atoms with Gasteiger partial charge in [0.25, 0.3) is 0 Å². The Bertz CT molecular complexity index is 525. The SMILES string of the molecule is CCOc1ccc(C(CO)Nc2ccc(Cl)cc2)cc1. The first kappa shape index (κ1) is 14.7. The van der Waals surface area contributed by atoms with E-state index in [-0.39, 0.29) is 12.6 Å². The van der Waals surface area contributed by atoms with Gasteiger partial charge in [-0.2, -0.15) is 0 Å². The molecule has 106 valence electrons. The van der Waals surface area contributed by atoms with Gasteiger partial charge in [-0.3, -0.25) is 0 Å². The minimum atomic E-state index is -0.160. The lowest BCUT2D eigenvalue weighted by molar-refractivity contribution is 0.276. The van der Waals surface area contributed by atoms with Crippen LogP contribution >= 0.6 is 11.6 Å². The molecule has 1 unspecified atom stereocenters. The summed E-state index contributed by atoms with van der Waals surface area (Å²) < 4.78 is 5.41. The summed E-state index contributed by atoms with van der Waals surface area (Å²) >= 11 is 5.86. The number of rotatable bonds is 6. The van der Waals surface area contributed by atoms with Crippen LogP contribution in [0.5, 0.6) is 5.75 Å². The molecule has 0 amide bonds. The number of aliphatic hydroxyl groups is 1. The Balaban J connectivity index is 2.09. The van der Waals surface area contributed by atoms with Gasteiger partial charge in [0.2, 0.25) is 0 Å². The Morgan fingerprint density at radius 3 is 2.30 bits per heavy atom. The second kappa shape index (κ2) is 7.17. The smallest absolute Gasteiger partial charge is 0.119 e. The molecule has 1 atom stereocenters. The molecule has 0 aliphatic heterocycles. The third kappa shape index (κ3) is 3.89. The molecule has 0 aliphatic carbocycles. The first-order valence-corrected chi connectivity index (χ1v) is 6.96. The second-order valence-corrected chi connectivity index (χ2v) is 4.82. The minimum absolute atomic E-state index is 0.0105. The Labute approximate surface area is 124 Å². The number of hydrogen-bond acceptors (Lipinski definition) is 3. The molecule has 2 rings (SSSR count). The lowest BCUT2D eigenvalue weighted by Crippen LogP contribution is -2.14. The first-order valence-electron chi connectivity index (χ1n) is 6.58. The second-order valence-electron chi connectivity index (χ2n) is 4.39.